The number of carbonyl (C=O) groups is 4. The smallest absolute Gasteiger partial charge is 0.341 e. The third-order valence-corrected chi connectivity index (χ3v) is 3.96. The summed E-state index contributed by atoms with van der Waals surface area (Å²) in [6, 6.07) is 9.48. The van der Waals surface area contributed by atoms with Gasteiger partial charge >= 0.3 is 5.97 Å². The third kappa shape index (κ3) is 3.49. The molecule has 2 aromatic rings. The summed E-state index contributed by atoms with van der Waals surface area (Å²) in [7, 11) is 1.50. The summed E-state index contributed by atoms with van der Waals surface area (Å²) in [5.41, 5.74) is 0.436. The second-order valence-corrected chi connectivity index (χ2v) is 5.70. The fraction of sp³-hybridized carbons (Fsp3) is 0.222. The van der Waals surface area contributed by atoms with E-state index in [4.69, 9.17) is 9.15 Å². The van der Waals surface area contributed by atoms with Crippen molar-refractivity contribution in [3.05, 3.63) is 54.0 Å². The summed E-state index contributed by atoms with van der Waals surface area (Å²) >= 11 is 0. The molecule has 3 amide bonds. The van der Waals surface area contributed by atoms with E-state index in [0.717, 1.165) is 0 Å². The molecule has 1 N–H and O–H groups in total. The van der Waals surface area contributed by atoms with E-state index < -0.39 is 29.8 Å². The number of para-hydroxylation sites is 1. The van der Waals surface area contributed by atoms with Crippen LogP contribution in [0.3, 0.4) is 0 Å². The Hall–Kier alpha value is -3.42. The van der Waals surface area contributed by atoms with Crippen molar-refractivity contribution in [3.8, 4) is 0 Å². The van der Waals surface area contributed by atoms with E-state index >= 15 is 0 Å². The highest BCUT2D eigenvalue weighted by Crippen LogP contribution is 2.23. The maximum atomic E-state index is 12.5. The monoisotopic (exact) mass is 356 g/mol. The Morgan fingerprint density at radius 3 is 2.65 bits per heavy atom. The number of hydrogen-bond acceptors (Lipinski definition) is 6. The number of rotatable bonds is 4. The van der Waals surface area contributed by atoms with Crippen molar-refractivity contribution in [2.24, 2.45) is 0 Å². The van der Waals surface area contributed by atoms with Gasteiger partial charge in [0.1, 0.15) is 0 Å². The molecular formula is C18H16N2O6. The van der Waals surface area contributed by atoms with Crippen molar-refractivity contribution in [3.63, 3.8) is 0 Å². The molecule has 0 bridgehead atoms. The molecule has 8 nitrogen and oxygen atoms in total. The van der Waals surface area contributed by atoms with Crippen LogP contribution >= 0.6 is 0 Å². The van der Waals surface area contributed by atoms with Gasteiger partial charge in [0.25, 0.3) is 11.8 Å². The average Bonchev–Trinajstić information content (AvgIpc) is 3.17. The molecule has 0 radical (unpaired) electrons. The zero-order valence-corrected chi connectivity index (χ0v) is 13.9. The lowest BCUT2D eigenvalue weighted by Crippen LogP contribution is -2.45. The highest BCUT2D eigenvalue weighted by atomic mass is 16.5. The molecule has 0 spiro atoms. The van der Waals surface area contributed by atoms with Crippen LogP contribution in [0.4, 0.5) is 5.69 Å². The van der Waals surface area contributed by atoms with Crippen LogP contribution < -0.4 is 10.2 Å². The summed E-state index contributed by atoms with van der Waals surface area (Å²) in [6.07, 6.45) is 0.561. The molecule has 2 heterocycles. The topological polar surface area (TPSA) is 106 Å². The molecule has 8 heteroatoms. The Balaban J connectivity index is 1.80. The minimum Gasteiger partial charge on any atom is -0.459 e. The van der Waals surface area contributed by atoms with Crippen LogP contribution in [0.2, 0.25) is 0 Å². The lowest BCUT2D eigenvalue weighted by atomic mass is 10.1. The van der Waals surface area contributed by atoms with E-state index in [2.05, 4.69) is 5.32 Å². The first-order chi connectivity index (χ1) is 12.5. The van der Waals surface area contributed by atoms with Gasteiger partial charge in [0.15, 0.2) is 11.9 Å². The molecule has 0 aliphatic carbocycles. The predicted octanol–water partition coefficient (Wildman–Crippen LogP) is 1.52. The number of furan rings is 1. The number of piperidine rings is 1. The van der Waals surface area contributed by atoms with Crippen molar-refractivity contribution in [1.82, 2.24) is 5.32 Å². The Morgan fingerprint density at radius 1 is 1.19 bits per heavy atom. The van der Waals surface area contributed by atoms with Crippen molar-refractivity contribution in [1.29, 1.82) is 0 Å². The standard InChI is InChI=1S/C18H16N2O6/c1-20(17(23)14-7-4-10-25-14)12-6-3-2-5-11(12)18(24)26-13-8-9-15(21)19-16(13)22/h2-7,10,13H,8-9H2,1H3,(H,19,21,22). The Bertz CT molecular complexity index is 858. The summed E-state index contributed by atoms with van der Waals surface area (Å²) in [6.45, 7) is 0. The number of nitrogens with one attached hydrogen (secondary N) is 1. The van der Waals surface area contributed by atoms with E-state index in [1.165, 1.54) is 30.3 Å². The molecular weight excluding hydrogens is 340 g/mol. The molecule has 3 rings (SSSR count). The fourth-order valence-corrected chi connectivity index (χ4v) is 2.59. The lowest BCUT2D eigenvalue weighted by molar-refractivity contribution is -0.140. The highest BCUT2D eigenvalue weighted by Gasteiger charge is 2.31. The van der Waals surface area contributed by atoms with Crippen molar-refractivity contribution in [2.45, 2.75) is 18.9 Å². The van der Waals surface area contributed by atoms with Gasteiger partial charge in [-0.25, -0.2) is 4.79 Å². The van der Waals surface area contributed by atoms with Gasteiger partial charge < -0.3 is 14.1 Å². The minimum absolute atomic E-state index is 0.0994. The maximum Gasteiger partial charge on any atom is 0.341 e. The van der Waals surface area contributed by atoms with Gasteiger partial charge in [-0.05, 0) is 24.3 Å². The van der Waals surface area contributed by atoms with Gasteiger partial charge in [-0.3, -0.25) is 19.7 Å². The van der Waals surface area contributed by atoms with Crippen molar-refractivity contribution < 1.29 is 28.3 Å². The molecule has 1 aliphatic heterocycles. The van der Waals surface area contributed by atoms with Gasteiger partial charge in [-0.15, -0.1) is 0 Å². The minimum atomic E-state index is -1.04. The highest BCUT2D eigenvalue weighted by molar-refractivity contribution is 6.08. The SMILES string of the molecule is CN(C(=O)c1ccco1)c1ccccc1C(=O)OC1CCC(=O)NC1=O. The van der Waals surface area contributed by atoms with Crippen LogP contribution in [0.1, 0.15) is 33.8 Å². The lowest BCUT2D eigenvalue weighted by Gasteiger charge is -2.23. The van der Waals surface area contributed by atoms with Gasteiger partial charge in [0.2, 0.25) is 5.91 Å². The number of ether oxygens (including phenoxy) is 1. The molecule has 1 aromatic heterocycles. The van der Waals surface area contributed by atoms with Gasteiger partial charge in [-0.1, -0.05) is 12.1 Å². The van der Waals surface area contributed by atoms with E-state index in [1.54, 1.807) is 24.3 Å². The van der Waals surface area contributed by atoms with Crippen molar-refractivity contribution in [2.75, 3.05) is 11.9 Å². The molecule has 0 saturated carbocycles. The molecule has 1 fully saturated rings. The largest absolute Gasteiger partial charge is 0.459 e. The first-order valence-corrected chi connectivity index (χ1v) is 7.92. The Labute approximate surface area is 148 Å². The maximum absolute atomic E-state index is 12.5. The number of hydrogen-bond donors (Lipinski definition) is 1. The predicted molar refractivity (Wildman–Crippen MR) is 89.5 cm³/mol. The summed E-state index contributed by atoms with van der Waals surface area (Å²) in [5, 5.41) is 2.13. The Kier molecular flexibility index (Phi) is 4.83. The van der Waals surface area contributed by atoms with Crippen LogP contribution in [-0.4, -0.2) is 36.8 Å². The third-order valence-electron chi connectivity index (χ3n) is 3.96. The summed E-state index contributed by atoms with van der Waals surface area (Å²) in [4.78, 5) is 49.2. The number of nitrogens with zero attached hydrogens (tertiary/aromatic N) is 1. The molecule has 1 aliphatic rings. The number of amides is 3. The second-order valence-electron chi connectivity index (χ2n) is 5.70. The van der Waals surface area contributed by atoms with E-state index in [1.807, 2.05) is 0 Å². The van der Waals surface area contributed by atoms with E-state index in [0.29, 0.717) is 5.69 Å². The first kappa shape index (κ1) is 17.4. The first-order valence-electron chi connectivity index (χ1n) is 7.92. The summed E-state index contributed by atoms with van der Waals surface area (Å²) in [5.74, 6) is -2.11. The van der Waals surface area contributed by atoms with E-state index in [-0.39, 0.29) is 24.2 Å². The van der Waals surface area contributed by atoms with Crippen LogP contribution in [0.25, 0.3) is 0 Å². The van der Waals surface area contributed by atoms with Crippen LogP contribution in [0.15, 0.2) is 47.1 Å². The van der Waals surface area contributed by atoms with Crippen LogP contribution in [0.5, 0.6) is 0 Å². The number of esters is 1. The zero-order valence-electron chi connectivity index (χ0n) is 13.9. The van der Waals surface area contributed by atoms with Gasteiger partial charge in [0.05, 0.1) is 17.5 Å². The average molecular weight is 356 g/mol. The van der Waals surface area contributed by atoms with Gasteiger partial charge in [0, 0.05) is 19.9 Å². The molecule has 26 heavy (non-hydrogen) atoms. The Morgan fingerprint density at radius 2 is 1.96 bits per heavy atom. The molecule has 1 atom stereocenters. The quantitative estimate of drug-likeness (QED) is 0.658. The molecule has 1 aromatic carbocycles. The molecule has 1 saturated heterocycles. The number of benzene rings is 1. The second kappa shape index (κ2) is 7.22. The number of carbonyl (C=O) groups excluding carboxylic acids is 4. The molecule has 134 valence electrons. The van der Waals surface area contributed by atoms with Gasteiger partial charge in [-0.2, -0.15) is 0 Å². The van der Waals surface area contributed by atoms with Crippen LogP contribution in [-0.2, 0) is 14.3 Å². The fourth-order valence-electron chi connectivity index (χ4n) is 2.59. The van der Waals surface area contributed by atoms with Crippen LogP contribution in [0, 0.1) is 0 Å². The normalized spacial score (nSPS) is 16.7. The zero-order chi connectivity index (χ0) is 18.7. The summed E-state index contributed by atoms with van der Waals surface area (Å²) < 4.78 is 10.3. The molecule has 1 unspecified atom stereocenters. The number of imide groups is 1. The van der Waals surface area contributed by atoms with E-state index in [9.17, 15) is 19.2 Å². The number of anilines is 1. The van der Waals surface area contributed by atoms with Crippen molar-refractivity contribution >= 4 is 29.4 Å².